The van der Waals surface area contributed by atoms with Crippen LogP contribution in [0, 0.1) is 0 Å². The van der Waals surface area contributed by atoms with E-state index in [1.165, 1.54) is 6.08 Å². The average molecular weight is 170 g/mol. The van der Waals surface area contributed by atoms with Gasteiger partial charge < -0.3 is 5.11 Å². The van der Waals surface area contributed by atoms with Crippen LogP contribution in [0.4, 0.5) is 0 Å². The van der Waals surface area contributed by atoms with Crippen LogP contribution < -0.4 is 0 Å². The fraction of sp³-hybridized carbons (Fsp3) is 0.700. The van der Waals surface area contributed by atoms with Crippen molar-refractivity contribution in [3.63, 3.8) is 0 Å². The molecular formula is C10H18O2. The Balaban J connectivity index is 3.60. The van der Waals surface area contributed by atoms with Crippen LogP contribution >= 0.6 is 0 Å². The number of rotatable bonds is 6. The summed E-state index contributed by atoms with van der Waals surface area (Å²) in [7, 11) is 0. The molecule has 70 valence electrons. The van der Waals surface area contributed by atoms with Crippen molar-refractivity contribution in [2.75, 3.05) is 0 Å². The number of aliphatic hydroxyl groups excluding tert-OH is 1. The number of hydrogen-bond acceptors (Lipinski definition) is 2. The van der Waals surface area contributed by atoms with E-state index in [1.807, 2.05) is 6.92 Å². The van der Waals surface area contributed by atoms with Gasteiger partial charge in [-0.1, -0.05) is 25.3 Å². The van der Waals surface area contributed by atoms with Crippen LogP contribution in [-0.4, -0.2) is 17.5 Å². The first-order valence-corrected chi connectivity index (χ1v) is 4.49. The molecule has 0 radical (unpaired) electrons. The molecule has 0 aliphatic carbocycles. The summed E-state index contributed by atoms with van der Waals surface area (Å²) in [5.74, 6) is 0. The summed E-state index contributed by atoms with van der Waals surface area (Å²) in [6.07, 6.45) is 5.61. The van der Waals surface area contributed by atoms with Crippen LogP contribution in [0.5, 0.6) is 0 Å². The van der Waals surface area contributed by atoms with Gasteiger partial charge >= 0.3 is 0 Å². The third-order valence-electron chi connectivity index (χ3n) is 1.80. The monoisotopic (exact) mass is 170 g/mol. The van der Waals surface area contributed by atoms with Gasteiger partial charge in [0, 0.05) is 0 Å². The molecule has 1 unspecified atom stereocenters. The topological polar surface area (TPSA) is 37.3 Å². The lowest BCUT2D eigenvalue weighted by Crippen LogP contribution is -2.06. The van der Waals surface area contributed by atoms with E-state index in [9.17, 15) is 9.90 Å². The Morgan fingerprint density at radius 1 is 1.58 bits per heavy atom. The molecule has 0 saturated heterocycles. The molecular weight excluding hydrogens is 152 g/mol. The summed E-state index contributed by atoms with van der Waals surface area (Å²) in [6.45, 7) is 3.96. The highest BCUT2D eigenvalue weighted by atomic mass is 16.3. The second-order valence-electron chi connectivity index (χ2n) is 3.15. The van der Waals surface area contributed by atoms with Gasteiger partial charge in [0.1, 0.15) is 6.29 Å². The maximum atomic E-state index is 10.1. The van der Waals surface area contributed by atoms with Crippen molar-refractivity contribution in [3.8, 4) is 0 Å². The first-order valence-electron chi connectivity index (χ1n) is 4.49. The second-order valence-corrected chi connectivity index (χ2v) is 3.15. The largest absolute Gasteiger partial charge is 0.393 e. The summed E-state index contributed by atoms with van der Waals surface area (Å²) < 4.78 is 0. The van der Waals surface area contributed by atoms with Crippen molar-refractivity contribution < 1.29 is 9.90 Å². The van der Waals surface area contributed by atoms with Gasteiger partial charge in [-0.2, -0.15) is 0 Å². The van der Waals surface area contributed by atoms with Crippen molar-refractivity contribution in [1.29, 1.82) is 0 Å². The Morgan fingerprint density at radius 3 is 2.75 bits per heavy atom. The van der Waals surface area contributed by atoms with Gasteiger partial charge in [0.25, 0.3) is 0 Å². The van der Waals surface area contributed by atoms with Gasteiger partial charge in [0.2, 0.25) is 0 Å². The number of carbonyl (C=O) groups is 1. The second kappa shape index (κ2) is 7.04. The zero-order chi connectivity index (χ0) is 9.40. The molecule has 0 fully saturated rings. The predicted octanol–water partition coefficient (Wildman–Crippen LogP) is 2.07. The van der Waals surface area contributed by atoms with E-state index < -0.39 is 0 Å². The van der Waals surface area contributed by atoms with E-state index in [0.29, 0.717) is 6.42 Å². The van der Waals surface area contributed by atoms with Crippen molar-refractivity contribution in [2.24, 2.45) is 0 Å². The Bertz CT molecular complexity index is 150. The quantitative estimate of drug-likeness (QED) is 0.489. The molecule has 0 amide bonds. The molecule has 0 rings (SSSR count). The summed E-state index contributed by atoms with van der Waals surface area (Å²) in [6, 6.07) is 0. The summed E-state index contributed by atoms with van der Waals surface area (Å²) in [5, 5.41) is 9.42. The highest BCUT2D eigenvalue weighted by molar-refractivity contribution is 5.65. The third kappa shape index (κ3) is 6.10. The minimum Gasteiger partial charge on any atom is -0.393 e. The number of allylic oxidation sites excluding steroid dienone is 1. The number of unbranched alkanes of at least 4 members (excludes halogenated alkanes) is 1. The molecule has 0 spiro atoms. The number of carbonyl (C=O) groups excluding carboxylic acids is 1. The molecule has 0 aromatic rings. The highest BCUT2D eigenvalue weighted by Crippen LogP contribution is 2.09. The molecule has 1 N–H and O–H groups in total. The predicted molar refractivity (Wildman–Crippen MR) is 50.0 cm³/mol. The SMILES string of the molecule is CCCCC(O)CC(C)=CC=O. The normalized spacial score (nSPS) is 14.4. The zero-order valence-corrected chi connectivity index (χ0v) is 7.92. The molecule has 12 heavy (non-hydrogen) atoms. The summed E-state index contributed by atoms with van der Waals surface area (Å²) in [5.41, 5.74) is 0.952. The van der Waals surface area contributed by atoms with Crippen LogP contribution in [-0.2, 0) is 4.79 Å². The molecule has 1 atom stereocenters. The van der Waals surface area contributed by atoms with Crippen molar-refractivity contribution in [3.05, 3.63) is 11.6 Å². The summed E-state index contributed by atoms with van der Waals surface area (Å²) in [4.78, 5) is 10.1. The van der Waals surface area contributed by atoms with Gasteiger partial charge in [0.05, 0.1) is 6.10 Å². The van der Waals surface area contributed by atoms with Gasteiger partial charge in [0.15, 0.2) is 0 Å². The maximum absolute atomic E-state index is 10.1. The lowest BCUT2D eigenvalue weighted by Gasteiger charge is -2.08. The molecule has 0 aliphatic rings. The van der Waals surface area contributed by atoms with Gasteiger partial charge in [-0.25, -0.2) is 0 Å². The lowest BCUT2D eigenvalue weighted by molar-refractivity contribution is -0.104. The maximum Gasteiger partial charge on any atom is 0.142 e. The van der Waals surface area contributed by atoms with Crippen LogP contribution in [0.1, 0.15) is 39.5 Å². The fourth-order valence-electron chi connectivity index (χ4n) is 1.10. The van der Waals surface area contributed by atoms with Crippen LogP contribution in [0.15, 0.2) is 11.6 Å². The van der Waals surface area contributed by atoms with Gasteiger partial charge in [-0.15, -0.1) is 0 Å². The number of aldehydes is 1. The molecule has 0 bridgehead atoms. The van der Waals surface area contributed by atoms with Crippen LogP contribution in [0.25, 0.3) is 0 Å². The van der Waals surface area contributed by atoms with Crippen molar-refractivity contribution >= 4 is 6.29 Å². The van der Waals surface area contributed by atoms with Crippen LogP contribution in [0.2, 0.25) is 0 Å². The van der Waals surface area contributed by atoms with Crippen molar-refractivity contribution in [1.82, 2.24) is 0 Å². The van der Waals surface area contributed by atoms with E-state index in [4.69, 9.17) is 0 Å². The highest BCUT2D eigenvalue weighted by Gasteiger charge is 2.03. The molecule has 0 aromatic heterocycles. The van der Waals surface area contributed by atoms with E-state index >= 15 is 0 Å². The fourth-order valence-corrected chi connectivity index (χ4v) is 1.10. The van der Waals surface area contributed by atoms with E-state index in [0.717, 1.165) is 31.1 Å². The van der Waals surface area contributed by atoms with Gasteiger partial charge in [-0.05, 0) is 25.8 Å². The standard InChI is InChI=1S/C10H18O2/c1-3-4-5-10(12)8-9(2)6-7-11/h6-7,10,12H,3-5,8H2,1-2H3. The Hall–Kier alpha value is -0.630. The first-order chi connectivity index (χ1) is 5.70. The Kier molecular flexibility index (Phi) is 6.67. The van der Waals surface area contributed by atoms with E-state index in [1.54, 1.807) is 0 Å². The molecule has 0 aliphatic heterocycles. The molecule has 0 heterocycles. The van der Waals surface area contributed by atoms with E-state index in [2.05, 4.69) is 6.92 Å². The number of hydrogen-bond donors (Lipinski definition) is 1. The number of aliphatic hydroxyl groups is 1. The van der Waals surface area contributed by atoms with Crippen LogP contribution in [0.3, 0.4) is 0 Å². The third-order valence-corrected chi connectivity index (χ3v) is 1.80. The molecule has 0 aromatic carbocycles. The van der Waals surface area contributed by atoms with Gasteiger partial charge in [-0.3, -0.25) is 4.79 Å². The minimum absolute atomic E-state index is 0.277. The lowest BCUT2D eigenvalue weighted by atomic mass is 10.0. The molecule has 2 heteroatoms. The summed E-state index contributed by atoms with van der Waals surface area (Å²) >= 11 is 0. The Morgan fingerprint density at radius 2 is 2.25 bits per heavy atom. The molecule has 0 saturated carbocycles. The van der Waals surface area contributed by atoms with E-state index in [-0.39, 0.29) is 6.10 Å². The Labute approximate surface area is 74.3 Å². The van der Waals surface area contributed by atoms with Crippen molar-refractivity contribution in [2.45, 2.75) is 45.6 Å². The smallest absolute Gasteiger partial charge is 0.142 e. The zero-order valence-electron chi connectivity index (χ0n) is 7.92. The average Bonchev–Trinajstić information content (AvgIpc) is 2.01. The molecule has 2 nitrogen and oxygen atoms in total. The first kappa shape index (κ1) is 11.4. The minimum atomic E-state index is -0.277.